The molecule has 2 heterocycles. The lowest BCUT2D eigenvalue weighted by atomic mass is 9.82. The number of imide groups is 1. The van der Waals surface area contributed by atoms with E-state index in [2.05, 4.69) is 4.58 Å². The fourth-order valence-electron chi connectivity index (χ4n) is 4.24. The van der Waals surface area contributed by atoms with E-state index in [1.165, 1.54) is 17.0 Å². The van der Waals surface area contributed by atoms with Gasteiger partial charge < -0.3 is 17.0 Å². The van der Waals surface area contributed by atoms with Crippen molar-refractivity contribution in [3.8, 4) is 0 Å². The SMILES string of the molecule is CC1=[N+](CCCN2C(=O)c3ccccc3C2=O)c2ccc(S(=O)(=O)O)cc2C1(C)C.[Br-]. The molecular weight excluding hydrogens is 484 g/mol. The molecule has 0 atom stereocenters. The van der Waals surface area contributed by atoms with Crippen LogP contribution < -0.4 is 17.0 Å². The van der Waals surface area contributed by atoms with Crippen LogP contribution in [0.5, 0.6) is 0 Å². The number of carbonyl (C=O) groups excluding carboxylic acids is 2. The molecule has 0 spiro atoms. The molecule has 0 unspecified atom stereocenters. The van der Waals surface area contributed by atoms with E-state index in [-0.39, 0.29) is 33.7 Å². The van der Waals surface area contributed by atoms with E-state index in [0.717, 1.165) is 17.0 Å². The second-order valence-corrected chi connectivity index (χ2v) is 9.60. The molecule has 1 N–H and O–H groups in total. The number of nitrogens with zero attached hydrogens (tertiary/aromatic N) is 2. The van der Waals surface area contributed by atoms with Crippen LogP contribution in [0.25, 0.3) is 0 Å². The zero-order valence-corrected chi connectivity index (χ0v) is 19.8. The zero-order valence-electron chi connectivity index (χ0n) is 17.4. The van der Waals surface area contributed by atoms with E-state index in [1.807, 2.05) is 20.8 Å². The topological polar surface area (TPSA) is 94.8 Å². The van der Waals surface area contributed by atoms with E-state index in [9.17, 15) is 22.6 Å². The Kier molecular flexibility index (Phi) is 5.98. The van der Waals surface area contributed by atoms with Crippen LogP contribution in [0.2, 0.25) is 0 Å². The Morgan fingerprint density at radius 2 is 1.61 bits per heavy atom. The summed E-state index contributed by atoms with van der Waals surface area (Å²) in [6, 6.07) is 11.4. The predicted octanol–water partition coefficient (Wildman–Crippen LogP) is 0.0197. The van der Waals surface area contributed by atoms with E-state index in [0.29, 0.717) is 30.6 Å². The first kappa shape index (κ1) is 23.3. The van der Waals surface area contributed by atoms with Gasteiger partial charge in [0.1, 0.15) is 0 Å². The van der Waals surface area contributed by atoms with Gasteiger partial charge >= 0.3 is 0 Å². The molecule has 9 heteroatoms. The molecule has 2 aliphatic rings. The second-order valence-electron chi connectivity index (χ2n) is 8.18. The maximum atomic E-state index is 12.5. The summed E-state index contributed by atoms with van der Waals surface area (Å²) in [7, 11) is -4.29. The molecule has 31 heavy (non-hydrogen) atoms. The van der Waals surface area contributed by atoms with E-state index in [4.69, 9.17) is 0 Å². The van der Waals surface area contributed by atoms with Gasteiger partial charge in [-0.05, 0) is 38.1 Å². The summed E-state index contributed by atoms with van der Waals surface area (Å²) < 4.78 is 34.6. The quantitative estimate of drug-likeness (QED) is 0.350. The van der Waals surface area contributed by atoms with E-state index in [1.54, 1.807) is 30.3 Å². The van der Waals surface area contributed by atoms with Gasteiger partial charge in [-0.25, -0.2) is 0 Å². The Morgan fingerprint density at radius 1 is 1.03 bits per heavy atom. The van der Waals surface area contributed by atoms with Crippen molar-refractivity contribution >= 4 is 33.3 Å². The van der Waals surface area contributed by atoms with Crippen LogP contribution in [-0.2, 0) is 15.5 Å². The van der Waals surface area contributed by atoms with Gasteiger partial charge in [-0.15, -0.1) is 0 Å². The normalized spacial score (nSPS) is 17.0. The lowest BCUT2D eigenvalue weighted by Crippen LogP contribution is -3.00. The van der Waals surface area contributed by atoms with Crippen LogP contribution in [0.4, 0.5) is 5.69 Å². The average Bonchev–Trinajstić information content (AvgIpc) is 3.05. The summed E-state index contributed by atoms with van der Waals surface area (Å²) in [6.07, 6.45) is 0.568. The number of rotatable bonds is 5. The number of hydrogen-bond acceptors (Lipinski definition) is 4. The average molecular weight is 507 g/mol. The highest BCUT2D eigenvalue weighted by Crippen LogP contribution is 2.40. The molecule has 164 valence electrons. The maximum Gasteiger partial charge on any atom is 0.294 e. The van der Waals surface area contributed by atoms with Crippen LogP contribution >= 0.6 is 0 Å². The summed E-state index contributed by atoms with van der Waals surface area (Å²) in [5.74, 6) is -0.535. The Bertz CT molecular complexity index is 1200. The number of halogens is 1. The highest BCUT2D eigenvalue weighted by atomic mass is 79.9. The molecule has 0 aliphatic carbocycles. The first-order valence-corrected chi connectivity index (χ1v) is 11.2. The molecule has 4 rings (SSSR count). The van der Waals surface area contributed by atoms with Crippen LogP contribution in [0.3, 0.4) is 0 Å². The van der Waals surface area contributed by atoms with Gasteiger partial charge in [0.2, 0.25) is 5.69 Å². The summed E-state index contributed by atoms with van der Waals surface area (Å²) >= 11 is 0. The van der Waals surface area contributed by atoms with Gasteiger partial charge in [-0.1, -0.05) is 12.1 Å². The lowest BCUT2D eigenvalue weighted by Gasteiger charge is -2.15. The molecule has 0 saturated carbocycles. The van der Waals surface area contributed by atoms with Crippen molar-refractivity contribution in [3.05, 3.63) is 59.2 Å². The third kappa shape index (κ3) is 3.75. The zero-order chi connectivity index (χ0) is 21.8. The minimum absolute atomic E-state index is 0. The molecule has 0 fully saturated rings. The molecule has 0 bridgehead atoms. The van der Waals surface area contributed by atoms with E-state index < -0.39 is 15.5 Å². The Morgan fingerprint density at radius 3 is 2.16 bits per heavy atom. The minimum atomic E-state index is -4.29. The second kappa shape index (κ2) is 7.96. The highest BCUT2D eigenvalue weighted by Gasteiger charge is 2.43. The Balaban J connectivity index is 0.00000272. The fraction of sp³-hybridized carbons (Fsp3) is 0.318. The molecular formula is C22H23BrN2O5S. The Labute approximate surface area is 191 Å². The molecule has 2 aromatic carbocycles. The number of hydrogen-bond donors (Lipinski definition) is 1. The molecule has 7 nitrogen and oxygen atoms in total. The molecule has 0 aromatic heterocycles. The summed E-state index contributed by atoms with van der Waals surface area (Å²) in [5, 5.41) is 0. The molecule has 2 aliphatic heterocycles. The van der Waals surface area contributed by atoms with Crippen molar-refractivity contribution in [2.75, 3.05) is 13.1 Å². The Hall–Kier alpha value is -2.36. The third-order valence-electron chi connectivity index (χ3n) is 6.18. The van der Waals surface area contributed by atoms with Gasteiger partial charge in [0.25, 0.3) is 21.9 Å². The van der Waals surface area contributed by atoms with Crippen molar-refractivity contribution in [1.82, 2.24) is 4.90 Å². The maximum absolute atomic E-state index is 12.5. The highest BCUT2D eigenvalue weighted by molar-refractivity contribution is 7.85. The lowest BCUT2D eigenvalue weighted by molar-refractivity contribution is -0.439. The number of amides is 2. The number of fused-ring (bicyclic) bond motifs is 2. The largest absolute Gasteiger partial charge is 1.00 e. The first-order chi connectivity index (χ1) is 14.0. The van der Waals surface area contributed by atoms with E-state index >= 15 is 0 Å². The minimum Gasteiger partial charge on any atom is -1.00 e. The van der Waals surface area contributed by atoms with Crippen LogP contribution in [0.1, 0.15) is 53.5 Å². The van der Waals surface area contributed by atoms with Crippen molar-refractivity contribution < 1.29 is 44.1 Å². The third-order valence-corrected chi connectivity index (χ3v) is 7.03. The van der Waals surface area contributed by atoms with Gasteiger partial charge in [0.05, 0.1) is 21.4 Å². The van der Waals surface area contributed by atoms with Gasteiger partial charge in [-0.3, -0.25) is 19.0 Å². The smallest absolute Gasteiger partial charge is 0.294 e. The van der Waals surface area contributed by atoms with Crippen LogP contribution in [-0.4, -0.2) is 53.1 Å². The van der Waals surface area contributed by atoms with Crippen molar-refractivity contribution in [2.45, 2.75) is 37.5 Å². The van der Waals surface area contributed by atoms with Gasteiger partial charge in [-0.2, -0.15) is 13.0 Å². The molecule has 0 saturated heterocycles. The predicted molar refractivity (Wildman–Crippen MR) is 111 cm³/mol. The summed E-state index contributed by atoms with van der Waals surface area (Å²) in [5.41, 5.74) is 3.19. The fourth-order valence-corrected chi connectivity index (χ4v) is 4.75. The number of carbonyl (C=O) groups is 2. The van der Waals surface area contributed by atoms with Gasteiger partial charge in [0, 0.05) is 31.5 Å². The summed E-state index contributed by atoms with van der Waals surface area (Å²) in [6.45, 7) is 6.85. The summed E-state index contributed by atoms with van der Waals surface area (Å²) in [4.78, 5) is 26.2. The standard InChI is InChI=1S/C22H22N2O5S.BrH/c1-14-22(2,3)18-13-15(30(27,28)29)9-10-19(18)23(14)11-6-12-24-20(25)16-7-4-5-8-17(16)21(24)26;/h4-5,7-10,13H,6,11-12H2,1-3H3;1H. The molecule has 2 amide bonds. The first-order valence-electron chi connectivity index (χ1n) is 9.72. The van der Waals surface area contributed by atoms with Crippen LogP contribution in [0, 0.1) is 0 Å². The van der Waals surface area contributed by atoms with Crippen molar-refractivity contribution in [1.29, 1.82) is 0 Å². The monoisotopic (exact) mass is 506 g/mol. The van der Waals surface area contributed by atoms with Gasteiger partial charge in [0.15, 0.2) is 12.3 Å². The molecule has 0 radical (unpaired) electrons. The van der Waals surface area contributed by atoms with Crippen LogP contribution in [0.15, 0.2) is 47.4 Å². The van der Waals surface area contributed by atoms with Crippen molar-refractivity contribution in [2.24, 2.45) is 0 Å². The molecule has 2 aromatic rings. The van der Waals surface area contributed by atoms with Crippen molar-refractivity contribution in [3.63, 3.8) is 0 Å². The number of benzene rings is 2.